The molecular formula is C26H29Cl3N2O5. The molecule has 0 aliphatic heterocycles. The first-order chi connectivity index (χ1) is 16.4. The van der Waals surface area contributed by atoms with Gasteiger partial charge in [-0.05, 0) is 53.1 Å². The third-order valence-electron chi connectivity index (χ3n) is 5.22. The number of halogens is 3. The lowest BCUT2D eigenvalue weighted by Gasteiger charge is -2.14. The summed E-state index contributed by atoms with van der Waals surface area (Å²) in [4.78, 5) is 24.2. The number of carbonyl (C=O) groups excluding carboxylic acids is 2. The third kappa shape index (κ3) is 8.40. The number of ether oxygens (including phenoxy) is 2. The first kappa shape index (κ1) is 31.2. The van der Waals surface area contributed by atoms with Gasteiger partial charge in [-0.15, -0.1) is 24.8 Å². The Bertz CT molecular complexity index is 1160. The maximum absolute atomic E-state index is 12.3. The summed E-state index contributed by atoms with van der Waals surface area (Å²) in [6.45, 7) is 1.65. The molecule has 0 amide bonds. The van der Waals surface area contributed by atoms with Crippen LogP contribution in [0.4, 0.5) is 5.69 Å². The monoisotopic (exact) mass is 554 g/mol. The number of methoxy groups -OCH3 is 2. The van der Waals surface area contributed by atoms with E-state index in [0.29, 0.717) is 30.2 Å². The Labute approximate surface area is 228 Å². The van der Waals surface area contributed by atoms with Gasteiger partial charge >= 0.3 is 11.9 Å². The molecular weight excluding hydrogens is 527 g/mol. The standard InChI is InChI=1S/C26H27ClN2O5.2ClH/c1-33-25(31)19-9-10-22(23(15-19)26(32)34-2)17-5-4-8-21(14-17)29-12-11-28-16-24(30)18-6-3-7-20(27)13-18;;/h3-10,13-15,24,28-30H,11-12,16H2,1-2H3;2*1H/t24-;;/m0../s1. The average molecular weight is 556 g/mol. The van der Waals surface area contributed by atoms with E-state index in [0.717, 1.165) is 16.8 Å². The highest BCUT2D eigenvalue weighted by atomic mass is 35.5. The van der Waals surface area contributed by atoms with Crippen LogP contribution in [0.15, 0.2) is 66.7 Å². The molecule has 3 aromatic carbocycles. The lowest BCUT2D eigenvalue weighted by molar-refractivity contribution is 0.0599. The molecule has 0 aliphatic rings. The van der Waals surface area contributed by atoms with E-state index in [-0.39, 0.29) is 35.9 Å². The quantitative estimate of drug-likeness (QED) is 0.235. The highest BCUT2D eigenvalue weighted by Gasteiger charge is 2.17. The van der Waals surface area contributed by atoms with Crippen molar-refractivity contribution in [2.75, 3.05) is 39.2 Å². The fourth-order valence-electron chi connectivity index (χ4n) is 3.48. The van der Waals surface area contributed by atoms with E-state index < -0.39 is 18.0 Å². The van der Waals surface area contributed by atoms with Gasteiger partial charge in [-0.3, -0.25) is 0 Å². The predicted octanol–water partition coefficient (Wildman–Crippen LogP) is 5.16. The third-order valence-corrected chi connectivity index (χ3v) is 5.46. The summed E-state index contributed by atoms with van der Waals surface area (Å²) in [5.41, 5.74) is 3.62. The summed E-state index contributed by atoms with van der Waals surface area (Å²) >= 11 is 5.97. The number of benzene rings is 3. The molecule has 3 aromatic rings. The molecule has 0 heterocycles. The molecule has 0 fully saturated rings. The van der Waals surface area contributed by atoms with Crippen molar-refractivity contribution >= 4 is 54.0 Å². The molecule has 0 saturated heterocycles. The van der Waals surface area contributed by atoms with Crippen molar-refractivity contribution in [2.45, 2.75) is 6.10 Å². The number of aliphatic hydroxyl groups is 1. The number of nitrogens with one attached hydrogen (secondary N) is 2. The molecule has 0 radical (unpaired) electrons. The minimum atomic E-state index is -0.647. The lowest BCUT2D eigenvalue weighted by Crippen LogP contribution is -2.26. The van der Waals surface area contributed by atoms with E-state index in [9.17, 15) is 14.7 Å². The first-order valence-corrected chi connectivity index (χ1v) is 11.1. The van der Waals surface area contributed by atoms with Gasteiger partial charge in [-0.1, -0.05) is 41.9 Å². The van der Waals surface area contributed by atoms with Gasteiger partial charge in [-0.25, -0.2) is 9.59 Å². The molecule has 3 N–H and O–H groups in total. The van der Waals surface area contributed by atoms with Crippen LogP contribution < -0.4 is 10.6 Å². The summed E-state index contributed by atoms with van der Waals surface area (Å²) in [5, 5.41) is 17.4. The van der Waals surface area contributed by atoms with Crippen LogP contribution in [0.2, 0.25) is 5.02 Å². The van der Waals surface area contributed by atoms with Gasteiger partial charge in [0.2, 0.25) is 0 Å². The Kier molecular flexibility index (Phi) is 13.3. The van der Waals surface area contributed by atoms with Gasteiger partial charge in [0, 0.05) is 30.3 Å². The number of hydrogen-bond acceptors (Lipinski definition) is 7. The molecule has 0 unspecified atom stereocenters. The van der Waals surface area contributed by atoms with Crippen LogP contribution in [0.5, 0.6) is 0 Å². The number of aliphatic hydroxyl groups excluding tert-OH is 1. The summed E-state index contributed by atoms with van der Waals surface area (Å²) in [5.74, 6) is -1.07. The molecule has 10 heteroatoms. The molecule has 0 bridgehead atoms. The SMILES string of the molecule is COC(=O)c1ccc(-c2cccc(NCCNC[C@H](O)c3cccc(Cl)c3)c2)c(C(=O)OC)c1.Cl.Cl. The van der Waals surface area contributed by atoms with Crippen molar-refractivity contribution in [2.24, 2.45) is 0 Å². The van der Waals surface area contributed by atoms with Crippen molar-refractivity contribution in [1.29, 1.82) is 0 Å². The number of hydrogen-bond donors (Lipinski definition) is 3. The summed E-state index contributed by atoms with van der Waals surface area (Å²) in [6, 6.07) is 19.6. The van der Waals surface area contributed by atoms with Crippen LogP contribution in [0.1, 0.15) is 32.4 Å². The predicted molar refractivity (Wildman–Crippen MR) is 147 cm³/mol. The molecule has 7 nitrogen and oxygen atoms in total. The van der Waals surface area contributed by atoms with E-state index in [2.05, 4.69) is 10.6 Å². The zero-order valence-corrected chi connectivity index (χ0v) is 22.2. The summed E-state index contributed by atoms with van der Waals surface area (Å²) < 4.78 is 9.65. The van der Waals surface area contributed by atoms with Gasteiger partial charge in [-0.2, -0.15) is 0 Å². The number of esters is 2. The second kappa shape index (κ2) is 15.3. The molecule has 0 aliphatic carbocycles. The minimum absolute atomic E-state index is 0. The Morgan fingerprint density at radius 2 is 1.64 bits per heavy atom. The molecule has 0 saturated carbocycles. The molecule has 0 spiro atoms. The van der Waals surface area contributed by atoms with Gasteiger partial charge in [0.05, 0.1) is 31.5 Å². The van der Waals surface area contributed by atoms with Crippen LogP contribution in [0, 0.1) is 0 Å². The van der Waals surface area contributed by atoms with Crippen molar-refractivity contribution in [3.05, 3.63) is 88.4 Å². The van der Waals surface area contributed by atoms with Crippen LogP contribution in [-0.2, 0) is 9.47 Å². The summed E-state index contributed by atoms with van der Waals surface area (Å²) in [6.07, 6.45) is -0.647. The topological polar surface area (TPSA) is 96.9 Å². The molecule has 194 valence electrons. The number of anilines is 1. The van der Waals surface area contributed by atoms with Crippen LogP contribution >= 0.6 is 36.4 Å². The van der Waals surface area contributed by atoms with Crippen molar-refractivity contribution in [1.82, 2.24) is 5.32 Å². The van der Waals surface area contributed by atoms with E-state index >= 15 is 0 Å². The van der Waals surface area contributed by atoms with E-state index in [1.165, 1.54) is 20.3 Å². The lowest BCUT2D eigenvalue weighted by atomic mass is 9.97. The maximum Gasteiger partial charge on any atom is 0.338 e. The van der Waals surface area contributed by atoms with Gasteiger partial charge < -0.3 is 25.2 Å². The molecule has 36 heavy (non-hydrogen) atoms. The van der Waals surface area contributed by atoms with Gasteiger partial charge in [0.25, 0.3) is 0 Å². The number of carbonyl (C=O) groups is 2. The smallest absolute Gasteiger partial charge is 0.338 e. The number of rotatable bonds is 10. The summed E-state index contributed by atoms with van der Waals surface area (Å²) in [7, 11) is 2.58. The van der Waals surface area contributed by atoms with Crippen LogP contribution in [0.25, 0.3) is 11.1 Å². The highest BCUT2D eigenvalue weighted by molar-refractivity contribution is 6.30. The van der Waals surface area contributed by atoms with E-state index in [1.54, 1.807) is 24.3 Å². The van der Waals surface area contributed by atoms with E-state index in [1.807, 2.05) is 36.4 Å². The van der Waals surface area contributed by atoms with Gasteiger partial charge in [0.1, 0.15) is 0 Å². The Morgan fingerprint density at radius 3 is 2.33 bits per heavy atom. The molecule has 0 aromatic heterocycles. The van der Waals surface area contributed by atoms with Crippen molar-refractivity contribution < 1.29 is 24.2 Å². The minimum Gasteiger partial charge on any atom is -0.465 e. The highest BCUT2D eigenvalue weighted by Crippen LogP contribution is 2.28. The fourth-order valence-corrected chi connectivity index (χ4v) is 3.68. The Hall–Kier alpha value is -2.81. The Morgan fingerprint density at radius 1 is 0.917 bits per heavy atom. The zero-order chi connectivity index (χ0) is 24.5. The fraction of sp³-hybridized carbons (Fsp3) is 0.231. The molecule has 3 rings (SSSR count). The molecule has 1 atom stereocenters. The Balaban J connectivity index is 0.00000324. The van der Waals surface area contributed by atoms with E-state index in [4.69, 9.17) is 21.1 Å². The van der Waals surface area contributed by atoms with Crippen LogP contribution in [-0.4, -0.2) is 50.9 Å². The maximum atomic E-state index is 12.3. The first-order valence-electron chi connectivity index (χ1n) is 10.7. The zero-order valence-electron chi connectivity index (χ0n) is 19.8. The van der Waals surface area contributed by atoms with Gasteiger partial charge in [0.15, 0.2) is 0 Å². The largest absolute Gasteiger partial charge is 0.465 e. The average Bonchev–Trinajstić information content (AvgIpc) is 2.87. The second-order valence-electron chi connectivity index (χ2n) is 7.53. The van der Waals surface area contributed by atoms with Crippen molar-refractivity contribution in [3.63, 3.8) is 0 Å². The normalized spacial score (nSPS) is 10.9. The van der Waals surface area contributed by atoms with Crippen LogP contribution in [0.3, 0.4) is 0 Å². The van der Waals surface area contributed by atoms with Crippen molar-refractivity contribution in [3.8, 4) is 11.1 Å². The second-order valence-corrected chi connectivity index (χ2v) is 7.96.